The summed E-state index contributed by atoms with van der Waals surface area (Å²) in [5.41, 5.74) is 0.719. The van der Waals surface area contributed by atoms with Crippen LogP contribution in [0.3, 0.4) is 0 Å². The van der Waals surface area contributed by atoms with Crippen molar-refractivity contribution >= 4 is 10.0 Å². The summed E-state index contributed by atoms with van der Waals surface area (Å²) in [7, 11) is -1.97. The molecule has 1 aliphatic rings. The van der Waals surface area contributed by atoms with Gasteiger partial charge in [-0.2, -0.15) is 0 Å². The molecule has 0 bridgehead atoms. The van der Waals surface area contributed by atoms with Crippen molar-refractivity contribution in [2.24, 2.45) is 5.92 Å². The SMILES string of the molecule is CNCc1ccc(S(=O)(=O)NCC2CC2)c(F)c1. The third-order valence-electron chi connectivity index (χ3n) is 2.93. The Morgan fingerprint density at radius 3 is 2.67 bits per heavy atom. The predicted molar refractivity (Wildman–Crippen MR) is 67.1 cm³/mol. The van der Waals surface area contributed by atoms with Crippen LogP contribution >= 0.6 is 0 Å². The number of hydrogen-bond acceptors (Lipinski definition) is 3. The highest BCUT2D eigenvalue weighted by Gasteiger charge is 2.25. The van der Waals surface area contributed by atoms with Crippen LogP contribution in [0.5, 0.6) is 0 Å². The summed E-state index contributed by atoms with van der Waals surface area (Å²) < 4.78 is 40.0. The molecular formula is C12H17FN2O2S. The van der Waals surface area contributed by atoms with Gasteiger partial charge in [-0.25, -0.2) is 17.5 Å². The van der Waals surface area contributed by atoms with E-state index in [1.54, 1.807) is 13.1 Å². The van der Waals surface area contributed by atoms with E-state index >= 15 is 0 Å². The molecule has 0 spiro atoms. The second kappa shape index (κ2) is 5.34. The van der Waals surface area contributed by atoms with Gasteiger partial charge < -0.3 is 5.32 Å². The van der Waals surface area contributed by atoms with Crippen molar-refractivity contribution in [1.29, 1.82) is 0 Å². The monoisotopic (exact) mass is 272 g/mol. The van der Waals surface area contributed by atoms with Crippen LogP contribution in [-0.2, 0) is 16.6 Å². The van der Waals surface area contributed by atoms with Crippen molar-refractivity contribution in [2.45, 2.75) is 24.3 Å². The van der Waals surface area contributed by atoms with Crippen LogP contribution in [0, 0.1) is 11.7 Å². The molecule has 1 aromatic rings. The predicted octanol–water partition coefficient (Wildman–Crippen LogP) is 1.23. The first-order valence-electron chi connectivity index (χ1n) is 5.95. The van der Waals surface area contributed by atoms with Crippen molar-refractivity contribution in [3.8, 4) is 0 Å². The summed E-state index contributed by atoms with van der Waals surface area (Å²) in [6.07, 6.45) is 2.10. The van der Waals surface area contributed by atoms with E-state index in [1.165, 1.54) is 12.1 Å². The van der Waals surface area contributed by atoms with Crippen LogP contribution in [0.4, 0.5) is 4.39 Å². The maximum absolute atomic E-state index is 13.8. The van der Waals surface area contributed by atoms with Gasteiger partial charge in [0.1, 0.15) is 10.7 Å². The second-order valence-corrected chi connectivity index (χ2v) is 6.33. The van der Waals surface area contributed by atoms with E-state index < -0.39 is 15.8 Å². The van der Waals surface area contributed by atoms with E-state index in [1.807, 2.05) is 0 Å². The molecule has 1 aromatic carbocycles. The van der Waals surface area contributed by atoms with E-state index in [9.17, 15) is 12.8 Å². The summed E-state index contributed by atoms with van der Waals surface area (Å²) >= 11 is 0. The maximum Gasteiger partial charge on any atom is 0.243 e. The van der Waals surface area contributed by atoms with E-state index in [0.717, 1.165) is 18.4 Å². The van der Waals surface area contributed by atoms with Crippen LogP contribution < -0.4 is 10.0 Å². The first kappa shape index (κ1) is 13.5. The quantitative estimate of drug-likeness (QED) is 0.819. The van der Waals surface area contributed by atoms with Crippen molar-refractivity contribution in [3.05, 3.63) is 29.6 Å². The number of benzene rings is 1. The topological polar surface area (TPSA) is 58.2 Å². The molecular weight excluding hydrogens is 255 g/mol. The Kier molecular flexibility index (Phi) is 3.99. The summed E-state index contributed by atoms with van der Waals surface area (Å²) in [5.74, 6) is -0.280. The van der Waals surface area contributed by atoms with Crippen molar-refractivity contribution < 1.29 is 12.8 Å². The summed E-state index contributed by atoms with van der Waals surface area (Å²) in [5, 5.41) is 2.89. The first-order chi connectivity index (χ1) is 8.53. The minimum Gasteiger partial charge on any atom is -0.316 e. The van der Waals surface area contributed by atoms with E-state index in [0.29, 0.717) is 19.0 Å². The number of rotatable bonds is 6. The molecule has 0 saturated heterocycles. The van der Waals surface area contributed by atoms with Gasteiger partial charge in [0.25, 0.3) is 0 Å². The fourth-order valence-corrected chi connectivity index (χ4v) is 2.88. The molecule has 4 nitrogen and oxygen atoms in total. The summed E-state index contributed by atoms with van der Waals surface area (Å²) in [6.45, 7) is 0.910. The molecule has 0 heterocycles. The molecule has 1 saturated carbocycles. The van der Waals surface area contributed by atoms with Gasteiger partial charge in [-0.3, -0.25) is 0 Å². The first-order valence-corrected chi connectivity index (χ1v) is 7.44. The number of nitrogens with one attached hydrogen (secondary N) is 2. The minimum atomic E-state index is -3.72. The smallest absolute Gasteiger partial charge is 0.243 e. The second-order valence-electron chi connectivity index (χ2n) is 4.59. The van der Waals surface area contributed by atoms with Gasteiger partial charge in [0.2, 0.25) is 10.0 Å². The van der Waals surface area contributed by atoms with Gasteiger partial charge in [-0.15, -0.1) is 0 Å². The number of sulfonamides is 1. The summed E-state index contributed by atoms with van der Waals surface area (Å²) in [4.78, 5) is -0.275. The van der Waals surface area contributed by atoms with Gasteiger partial charge in [0, 0.05) is 13.1 Å². The average Bonchev–Trinajstić information content (AvgIpc) is 3.10. The molecule has 0 radical (unpaired) electrons. The largest absolute Gasteiger partial charge is 0.316 e. The molecule has 2 N–H and O–H groups in total. The Balaban J connectivity index is 2.15. The molecule has 0 atom stereocenters. The number of halogens is 1. The lowest BCUT2D eigenvalue weighted by molar-refractivity contribution is 0.553. The van der Waals surface area contributed by atoms with E-state index in [2.05, 4.69) is 10.0 Å². The van der Waals surface area contributed by atoms with Crippen LogP contribution in [0.1, 0.15) is 18.4 Å². The van der Waals surface area contributed by atoms with E-state index in [4.69, 9.17) is 0 Å². The van der Waals surface area contributed by atoms with Crippen molar-refractivity contribution in [3.63, 3.8) is 0 Å². The van der Waals surface area contributed by atoms with Gasteiger partial charge in [-0.05, 0) is 43.5 Å². The normalized spacial score (nSPS) is 15.9. The Labute approximate surface area is 107 Å². The minimum absolute atomic E-state index is 0.275. The highest BCUT2D eigenvalue weighted by molar-refractivity contribution is 7.89. The fourth-order valence-electron chi connectivity index (χ4n) is 1.70. The van der Waals surface area contributed by atoms with Crippen molar-refractivity contribution in [1.82, 2.24) is 10.0 Å². The maximum atomic E-state index is 13.8. The fraction of sp³-hybridized carbons (Fsp3) is 0.500. The van der Waals surface area contributed by atoms with Crippen LogP contribution in [0.2, 0.25) is 0 Å². The average molecular weight is 272 g/mol. The molecule has 1 aliphatic carbocycles. The lowest BCUT2D eigenvalue weighted by atomic mass is 10.2. The molecule has 0 aromatic heterocycles. The molecule has 6 heteroatoms. The third-order valence-corrected chi connectivity index (χ3v) is 4.38. The molecule has 0 aliphatic heterocycles. The van der Waals surface area contributed by atoms with Gasteiger partial charge in [0.05, 0.1) is 0 Å². The summed E-state index contributed by atoms with van der Waals surface area (Å²) in [6, 6.07) is 4.19. The Morgan fingerprint density at radius 2 is 2.11 bits per heavy atom. The molecule has 1 fully saturated rings. The number of hydrogen-bond donors (Lipinski definition) is 2. The zero-order valence-electron chi connectivity index (χ0n) is 10.2. The van der Waals surface area contributed by atoms with Crippen LogP contribution in [0.25, 0.3) is 0 Å². The van der Waals surface area contributed by atoms with Gasteiger partial charge in [-0.1, -0.05) is 6.07 Å². The van der Waals surface area contributed by atoms with E-state index in [-0.39, 0.29) is 4.90 Å². The zero-order valence-corrected chi connectivity index (χ0v) is 11.1. The molecule has 18 heavy (non-hydrogen) atoms. The Bertz CT molecular complexity index is 527. The lowest BCUT2D eigenvalue weighted by Gasteiger charge is -2.08. The molecule has 100 valence electrons. The Morgan fingerprint density at radius 1 is 1.39 bits per heavy atom. The highest BCUT2D eigenvalue weighted by Crippen LogP contribution is 2.28. The highest BCUT2D eigenvalue weighted by atomic mass is 32.2. The van der Waals surface area contributed by atoms with Crippen LogP contribution in [0.15, 0.2) is 23.1 Å². The third kappa shape index (κ3) is 3.28. The lowest BCUT2D eigenvalue weighted by Crippen LogP contribution is -2.26. The molecule has 2 rings (SSSR count). The standard InChI is InChI=1S/C12H17FN2O2S/c1-14-7-10-4-5-12(11(13)6-10)18(16,17)15-8-9-2-3-9/h4-6,9,14-15H,2-3,7-8H2,1H3. The zero-order chi connectivity index (χ0) is 13.2. The van der Waals surface area contributed by atoms with Gasteiger partial charge in [0.15, 0.2) is 0 Å². The Hall–Kier alpha value is -0.980. The molecule has 0 amide bonds. The van der Waals surface area contributed by atoms with Crippen LogP contribution in [-0.4, -0.2) is 22.0 Å². The molecule has 0 unspecified atom stereocenters. The van der Waals surface area contributed by atoms with Crippen molar-refractivity contribution in [2.75, 3.05) is 13.6 Å². The van der Waals surface area contributed by atoms with Gasteiger partial charge >= 0.3 is 0 Å².